The number of nitrogen functional groups attached to an aromatic ring is 1. The summed E-state index contributed by atoms with van der Waals surface area (Å²) >= 11 is 0. The second kappa shape index (κ2) is 6.76. The van der Waals surface area contributed by atoms with Gasteiger partial charge in [0.2, 0.25) is 18.1 Å². The number of anilines is 1. The van der Waals surface area contributed by atoms with E-state index in [1.807, 2.05) is 6.92 Å². The fraction of sp³-hybridized carbons (Fsp3) is 0.235. The van der Waals surface area contributed by atoms with Gasteiger partial charge in [0, 0.05) is 19.1 Å². The summed E-state index contributed by atoms with van der Waals surface area (Å²) in [7, 11) is 1.55. The van der Waals surface area contributed by atoms with Crippen LogP contribution >= 0.6 is 0 Å². The number of halogens is 1. The predicted molar refractivity (Wildman–Crippen MR) is 88.9 cm³/mol. The Kier molecular flexibility index (Phi) is 4.52. The highest BCUT2D eigenvalue weighted by Gasteiger charge is 2.15. The molecule has 0 aliphatic heterocycles. The van der Waals surface area contributed by atoms with Gasteiger partial charge >= 0.3 is 0 Å². The van der Waals surface area contributed by atoms with Crippen molar-refractivity contribution >= 4 is 17.0 Å². The summed E-state index contributed by atoms with van der Waals surface area (Å²) in [6.07, 6.45) is 0.179. The van der Waals surface area contributed by atoms with Crippen molar-refractivity contribution in [3.63, 3.8) is 0 Å². The van der Waals surface area contributed by atoms with Crippen LogP contribution in [0.3, 0.4) is 0 Å². The van der Waals surface area contributed by atoms with E-state index in [9.17, 15) is 4.39 Å². The molecule has 0 fully saturated rings. The maximum absolute atomic E-state index is 13.1. The van der Waals surface area contributed by atoms with Crippen molar-refractivity contribution in [1.29, 1.82) is 0 Å². The van der Waals surface area contributed by atoms with Gasteiger partial charge < -0.3 is 15.2 Å². The Morgan fingerprint density at radius 1 is 1.08 bits per heavy atom. The van der Waals surface area contributed by atoms with E-state index in [1.54, 1.807) is 31.4 Å². The van der Waals surface area contributed by atoms with Crippen molar-refractivity contribution < 1.29 is 13.9 Å². The van der Waals surface area contributed by atoms with Crippen molar-refractivity contribution in [2.75, 3.05) is 12.8 Å². The summed E-state index contributed by atoms with van der Waals surface area (Å²) < 4.78 is 24.1. The molecule has 2 aromatic heterocycles. The topological polar surface area (TPSA) is 83.2 Å². The van der Waals surface area contributed by atoms with Crippen molar-refractivity contribution in [3.05, 3.63) is 42.2 Å². The normalized spacial score (nSPS) is 12.3. The van der Waals surface area contributed by atoms with Gasteiger partial charge in [-0.25, -0.2) is 14.4 Å². The number of ether oxygens (including phenoxy) is 2. The molecule has 2 N–H and O–H groups in total. The highest BCUT2D eigenvalue weighted by molar-refractivity contribution is 5.83. The first-order valence-corrected chi connectivity index (χ1v) is 7.50. The lowest BCUT2D eigenvalue weighted by molar-refractivity contribution is -0.0564. The summed E-state index contributed by atoms with van der Waals surface area (Å²) in [6, 6.07) is 9.66. The van der Waals surface area contributed by atoms with E-state index in [4.69, 9.17) is 15.2 Å². The van der Waals surface area contributed by atoms with E-state index in [-0.39, 0.29) is 17.6 Å². The molecule has 0 amide bonds. The lowest BCUT2D eigenvalue weighted by Crippen LogP contribution is -2.18. The van der Waals surface area contributed by atoms with Gasteiger partial charge in [-0.15, -0.1) is 0 Å². The molecule has 0 aliphatic rings. The second-order valence-corrected chi connectivity index (χ2v) is 5.15. The molecule has 7 heteroatoms. The van der Waals surface area contributed by atoms with Gasteiger partial charge in [-0.1, -0.05) is 6.92 Å². The molecule has 3 aromatic rings. The van der Waals surface area contributed by atoms with Gasteiger partial charge in [0.15, 0.2) is 5.52 Å². The third kappa shape index (κ3) is 3.26. The minimum atomic E-state index is -0.459. The van der Waals surface area contributed by atoms with Gasteiger partial charge in [-0.05, 0) is 36.4 Å². The molecule has 1 aromatic carbocycles. The van der Waals surface area contributed by atoms with Crippen molar-refractivity contribution in [2.24, 2.45) is 0 Å². The smallest absolute Gasteiger partial charge is 0.247 e. The molecule has 24 heavy (non-hydrogen) atoms. The number of hydrogen-bond acceptors (Lipinski definition) is 6. The third-order valence-electron chi connectivity index (χ3n) is 3.51. The highest BCUT2D eigenvalue weighted by Crippen LogP contribution is 2.27. The van der Waals surface area contributed by atoms with Gasteiger partial charge in [0.05, 0.1) is 11.2 Å². The average molecular weight is 328 g/mol. The monoisotopic (exact) mass is 328 g/mol. The first kappa shape index (κ1) is 16.1. The number of aromatic nitrogens is 3. The van der Waals surface area contributed by atoms with Crippen molar-refractivity contribution in [2.45, 2.75) is 19.6 Å². The maximum atomic E-state index is 13.1. The minimum Gasteiger partial charge on any atom is -0.446 e. The summed E-state index contributed by atoms with van der Waals surface area (Å²) in [5.41, 5.74) is 8.21. The van der Waals surface area contributed by atoms with Gasteiger partial charge in [0.1, 0.15) is 5.82 Å². The molecule has 0 unspecified atom stereocenters. The SMILES string of the molecule is CC[C@H](OC)Oc1nc(N)nc2ccc(-c3ccc(F)cc3)nc12. The van der Waals surface area contributed by atoms with Crippen LogP contribution in [0.1, 0.15) is 13.3 Å². The number of fused-ring (bicyclic) bond motifs is 1. The number of benzene rings is 1. The highest BCUT2D eigenvalue weighted by atomic mass is 19.1. The first-order chi connectivity index (χ1) is 11.6. The molecular weight excluding hydrogens is 311 g/mol. The summed E-state index contributed by atoms with van der Waals surface area (Å²) in [5, 5.41) is 0. The number of hydrogen-bond donors (Lipinski definition) is 1. The molecule has 2 heterocycles. The molecule has 6 nitrogen and oxygen atoms in total. The van der Waals surface area contributed by atoms with Crippen LogP contribution in [0.4, 0.5) is 10.3 Å². The second-order valence-electron chi connectivity index (χ2n) is 5.15. The van der Waals surface area contributed by atoms with E-state index in [1.165, 1.54) is 12.1 Å². The summed E-state index contributed by atoms with van der Waals surface area (Å²) in [6.45, 7) is 1.93. The zero-order valence-corrected chi connectivity index (χ0v) is 13.4. The third-order valence-corrected chi connectivity index (χ3v) is 3.51. The van der Waals surface area contributed by atoms with Crippen LogP contribution in [-0.2, 0) is 4.74 Å². The largest absolute Gasteiger partial charge is 0.446 e. The summed E-state index contributed by atoms with van der Waals surface area (Å²) in [4.78, 5) is 12.8. The van der Waals surface area contributed by atoms with E-state index in [0.29, 0.717) is 23.1 Å². The molecule has 0 aliphatic carbocycles. The summed E-state index contributed by atoms with van der Waals surface area (Å²) in [5.74, 6) is 0.0560. The van der Waals surface area contributed by atoms with Crippen molar-refractivity contribution in [1.82, 2.24) is 15.0 Å². The van der Waals surface area contributed by atoms with Crippen LogP contribution in [0.2, 0.25) is 0 Å². The molecule has 1 atom stereocenters. The molecular formula is C17H17FN4O2. The molecule has 0 spiro atoms. The fourth-order valence-electron chi connectivity index (χ4n) is 2.29. The Hall–Kier alpha value is -2.80. The van der Waals surface area contributed by atoms with Crippen molar-refractivity contribution in [3.8, 4) is 17.1 Å². The lowest BCUT2D eigenvalue weighted by atomic mass is 10.1. The number of pyridine rings is 1. The number of nitrogens with two attached hydrogens (primary N) is 1. The Balaban J connectivity index is 2.09. The van der Waals surface area contributed by atoms with Gasteiger partial charge in [-0.2, -0.15) is 4.98 Å². The quantitative estimate of drug-likeness (QED) is 0.724. The van der Waals surface area contributed by atoms with E-state index in [0.717, 1.165) is 5.56 Å². The van der Waals surface area contributed by atoms with E-state index in [2.05, 4.69) is 15.0 Å². The maximum Gasteiger partial charge on any atom is 0.247 e. The molecule has 124 valence electrons. The van der Waals surface area contributed by atoms with Crippen LogP contribution in [0.25, 0.3) is 22.3 Å². The van der Waals surface area contributed by atoms with E-state index < -0.39 is 6.29 Å². The Morgan fingerprint density at radius 2 is 1.83 bits per heavy atom. The number of nitrogens with zero attached hydrogens (tertiary/aromatic N) is 3. The lowest BCUT2D eigenvalue weighted by Gasteiger charge is -2.16. The Bertz CT molecular complexity index is 851. The van der Waals surface area contributed by atoms with Crippen LogP contribution in [-0.4, -0.2) is 28.4 Å². The van der Waals surface area contributed by atoms with Gasteiger partial charge in [0.25, 0.3) is 0 Å². The molecule has 0 bridgehead atoms. The molecule has 0 saturated heterocycles. The van der Waals surface area contributed by atoms with Gasteiger partial charge in [-0.3, -0.25) is 0 Å². The average Bonchev–Trinajstić information content (AvgIpc) is 2.59. The first-order valence-electron chi connectivity index (χ1n) is 7.50. The Labute approximate surface area is 138 Å². The Morgan fingerprint density at radius 3 is 2.50 bits per heavy atom. The predicted octanol–water partition coefficient (Wildman–Crippen LogP) is 3.17. The minimum absolute atomic E-state index is 0.0970. The van der Waals surface area contributed by atoms with Crippen LogP contribution in [0.5, 0.6) is 5.88 Å². The van der Waals surface area contributed by atoms with Crippen LogP contribution in [0.15, 0.2) is 36.4 Å². The fourth-order valence-corrected chi connectivity index (χ4v) is 2.29. The number of rotatable bonds is 5. The number of methoxy groups -OCH3 is 1. The zero-order valence-electron chi connectivity index (χ0n) is 13.4. The van der Waals surface area contributed by atoms with E-state index >= 15 is 0 Å². The van der Waals surface area contributed by atoms with Crippen LogP contribution in [0, 0.1) is 5.82 Å². The molecule has 0 saturated carbocycles. The van der Waals surface area contributed by atoms with Crippen LogP contribution < -0.4 is 10.5 Å². The zero-order chi connectivity index (χ0) is 17.1. The standard InChI is InChI=1S/C17H17FN4O2/c1-3-14(23-2)24-16-15-13(21-17(19)22-16)9-8-12(20-15)10-4-6-11(18)7-5-10/h4-9,14H,3H2,1-2H3,(H2,19,21,22)/t14-/m1/s1. The molecule has 0 radical (unpaired) electrons. The molecule has 3 rings (SSSR count).